The molecular formula is C18H22ClN3O3S. The van der Waals surface area contributed by atoms with Crippen molar-refractivity contribution in [1.29, 1.82) is 0 Å². The molecule has 140 valence electrons. The average molecular weight is 396 g/mol. The lowest BCUT2D eigenvalue weighted by molar-refractivity contribution is 0.0912. The Labute approximate surface area is 162 Å². The third-order valence-electron chi connectivity index (χ3n) is 4.88. The van der Waals surface area contributed by atoms with Crippen LogP contribution >= 0.6 is 23.7 Å². The number of carbonyl (C=O) groups is 1. The number of benzene rings is 1. The van der Waals surface area contributed by atoms with Gasteiger partial charge in [0, 0.05) is 11.6 Å². The number of nitrogens with one attached hydrogen (secondary N) is 1. The minimum absolute atomic E-state index is 0. The fourth-order valence-corrected chi connectivity index (χ4v) is 4.28. The molecule has 0 radical (unpaired) electrons. The van der Waals surface area contributed by atoms with Crippen LogP contribution in [0.5, 0.6) is 11.5 Å². The van der Waals surface area contributed by atoms with Gasteiger partial charge in [-0.15, -0.1) is 23.7 Å². The number of nitrogens with two attached hydrogens (primary N) is 1. The number of rotatable bonds is 4. The van der Waals surface area contributed by atoms with Gasteiger partial charge in [0.25, 0.3) is 5.91 Å². The first-order valence-electron chi connectivity index (χ1n) is 8.61. The predicted octanol–water partition coefficient (Wildman–Crippen LogP) is 3.21. The number of thiazole rings is 1. The number of nitrogens with zero attached hydrogens (tertiary/aromatic N) is 1. The SMILES string of the molecule is Cl.NCC1CCCCC1NC(=O)c1cnc(-c2ccc3c(c2)OCO3)s1. The van der Waals surface area contributed by atoms with Gasteiger partial charge in [0.05, 0.1) is 6.20 Å². The molecule has 2 heterocycles. The van der Waals surface area contributed by atoms with Gasteiger partial charge in [-0.2, -0.15) is 0 Å². The number of fused-ring (bicyclic) bond motifs is 1. The smallest absolute Gasteiger partial charge is 0.263 e. The van der Waals surface area contributed by atoms with Gasteiger partial charge in [-0.3, -0.25) is 4.79 Å². The van der Waals surface area contributed by atoms with Crippen molar-refractivity contribution in [3.05, 3.63) is 29.3 Å². The Morgan fingerprint density at radius 2 is 2.08 bits per heavy atom. The second-order valence-electron chi connectivity index (χ2n) is 6.46. The largest absolute Gasteiger partial charge is 0.454 e. The number of carbonyl (C=O) groups excluding carboxylic acids is 1. The quantitative estimate of drug-likeness (QED) is 0.830. The average Bonchev–Trinajstić information content (AvgIpc) is 3.30. The molecule has 0 spiro atoms. The van der Waals surface area contributed by atoms with Gasteiger partial charge in [-0.05, 0) is 43.5 Å². The second kappa shape index (κ2) is 8.24. The summed E-state index contributed by atoms with van der Waals surface area (Å²) < 4.78 is 10.7. The van der Waals surface area contributed by atoms with Crippen LogP contribution in [0.4, 0.5) is 0 Å². The van der Waals surface area contributed by atoms with E-state index in [1.54, 1.807) is 6.20 Å². The van der Waals surface area contributed by atoms with E-state index in [2.05, 4.69) is 10.3 Å². The molecule has 26 heavy (non-hydrogen) atoms. The standard InChI is InChI=1S/C18H21N3O3S.ClH/c19-8-12-3-1-2-4-13(12)21-17(22)16-9-20-18(25-16)11-5-6-14-15(7-11)24-10-23-14;/h5-7,9,12-13H,1-4,8,10,19H2,(H,21,22);1H. The highest BCUT2D eigenvalue weighted by atomic mass is 35.5. The predicted molar refractivity (Wildman–Crippen MR) is 103 cm³/mol. The van der Waals surface area contributed by atoms with E-state index in [1.165, 1.54) is 17.8 Å². The number of halogens is 1. The first-order chi connectivity index (χ1) is 12.2. The van der Waals surface area contributed by atoms with Crippen molar-refractivity contribution in [2.75, 3.05) is 13.3 Å². The normalized spacial score (nSPS) is 21.1. The highest BCUT2D eigenvalue weighted by molar-refractivity contribution is 7.16. The van der Waals surface area contributed by atoms with Gasteiger partial charge in [0.15, 0.2) is 11.5 Å². The zero-order valence-electron chi connectivity index (χ0n) is 14.3. The zero-order valence-corrected chi connectivity index (χ0v) is 15.9. The van der Waals surface area contributed by atoms with Crippen LogP contribution in [-0.2, 0) is 0 Å². The lowest BCUT2D eigenvalue weighted by Crippen LogP contribution is -2.44. The summed E-state index contributed by atoms with van der Waals surface area (Å²) in [5.74, 6) is 1.77. The van der Waals surface area contributed by atoms with Crippen LogP contribution in [0.15, 0.2) is 24.4 Å². The monoisotopic (exact) mass is 395 g/mol. The molecule has 1 aliphatic heterocycles. The van der Waals surface area contributed by atoms with Crippen LogP contribution < -0.4 is 20.5 Å². The fourth-order valence-electron chi connectivity index (χ4n) is 3.46. The van der Waals surface area contributed by atoms with Crippen molar-refractivity contribution in [2.24, 2.45) is 11.7 Å². The molecule has 8 heteroatoms. The van der Waals surface area contributed by atoms with Crippen molar-refractivity contribution in [2.45, 2.75) is 31.7 Å². The summed E-state index contributed by atoms with van der Waals surface area (Å²) in [6.07, 6.45) is 6.07. The summed E-state index contributed by atoms with van der Waals surface area (Å²) in [6, 6.07) is 5.86. The number of hydrogen-bond acceptors (Lipinski definition) is 6. The molecule has 6 nitrogen and oxygen atoms in total. The molecule has 2 atom stereocenters. The molecule has 1 aliphatic carbocycles. The molecule has 2 aromatic rings. The molecule has 1 saturated carbocycles. The molecule has 1 fully saturated rings. The topological polar surface area (TPSA) is 86.5 Å². The van der Waals surface area contributed by atoms with Crippen molar-refractivity contribution in [3.63, 3.8) is 0 Å². The fraction of sp³-hybridized carbons (Fsp3) is 0.444. The van der Waals surface area contributed by atoms with E-state index in [9.17, 15) is 4.79 Å². The summed E-state index contributed by atoms with van der Waals surface area (Å²) in [5, 5.41) is 3.94. The molecular weight excluding hydrogens is 374 g/mol. The van der Waals surface area contributed by atoms with E-state index < -0.39 is 0 Å². The number of hydrogen-bond donors (Lipinski definition) is 2. The maximum Gasteiger partial charge on any atom is 0.263 e. The molecule has 1 aromatic carbocycles. The minimum atomic E-state index is -0.0603. The first kappa shape index (κ1) is 18.9. The van der Waals surface area contributed by atoms with Crippen molar-refractivity contribution in [3.8, 4) is 22.1 Å². The molecule has 2 unspecified atom stereocenters. The molecule has 4 rings (SSSR count). The molecule has 3 N–H and O–H groups in total. The zero-order chi connectivity index (χ0) is 17.2. The van der Waals surface area contributed by atoms with Gasteiger partial charge < -0.3 is 20.5 Å². The van der Waals surface area contributed by atoms with Crippen LogP contribution in [0, 0.1) is 5.92 Å². The lowest BCUT2D eigenvalue weighted by Gasteiger charge is -2.31. The van der Waals surface area contributed by atoms with Crippen LogP contribution in [-0.4, -0.2) is 30.3 Å². The van der Waals surface area contributed by atoms with Crippen LogP contribution in [0.1, 0.15) is 35.4 Å². The highest BCUT2D eigenvalue weighted by Gasteiger charge is 2.26. The van der Waals surface area contributed by atoms with Crippen LogP contribution in [0.3, 0.4) is 0 Å². The minimum Gasteiger partial charge on any atom is -0.454 e. The van der Waals surface area contributed by atoms with Gasteiger partial charge in [-0.1, -0.05) is 12.8 Å². The summed E-state index contributed by atoms with van der Waals surface area (Å²) in [6.45, 7) is 0.865. The Balaban J connectivity index is 0.00000196. The van der Waals surface area contributed by atoms with Crippen LogP contribution in [0.2, 0.25) is 0 Å². The summed E-state index contributed by atoms with van der Waals surface area (Å²) in [4.78, 5) is 17.6. The van der Waals surface area contributed by atoms with E-state index in [-0.39, 0.29) is 31.1 Å². The molecule has 0 saturated heterocycles. The molecule has 1 amide bonds. The Morgan fingerprint density at radius 1 is 1.27 bits per heavy atom. The van der Waals surface area contributed by atoms with Gasteiger partial charge >= 0.3 is 0 Å². The summed E-state index contributed by atoms with van der Waals surface area (Å²) >= 11 is 1.39. The Morgan fingerprint density at radius 3 is 2.92 bits per heavy atom. The van der Waals surface area contributed by atoms with Crippen LogP contribution in [0.25, 0.3) is 10.6 Å². The Kier molecular flexibility index (Phi) is 6.01. The van der Waals surface area contributed by atoms with E-state index >= 15 is 0 Å². The van der Waals surface area contributed by atoms with Gasteiger partial charge in [-0.25, -0.2) is 4.98 Å². The molecule has 0 bridgehead atoms. The highest BCUT2D eigenvalue weighted by Crippen LogP contribution is 2.37. The van der Waals surface area contributed by atoms with E-state index in [0.29, 0.717) is 23.1 Å². The van der Waals surface area contributed by atoms with E-state index in [4.69, 9.17) is 15.2 Å². The third kappa shape index (κ3) is 3.79. The maximum atomic E-state index is 12.6. The number of ether oxygens (including phenoxy) is 2. The number of amides is 1. The van der Waals surface area contributed by atoms with Crippen molar-refractivity contribution in [1.82, 2.24) is 10.3 Å². The first-order valence-corrected chi connectivity index (χ1v) is 9.43. The molecule has 2 aliphatic rings. The van der Waals surface area contributed by atoms with Gasteiger partial charge in [0.2, 0.25) is 6.79 Å². The Hall–Kier alpha value is -1.83. The summed E-state index contributed by atoms with van der Waals surface area (Å²) in [7, 11) is 0. The number of aromatic nitrogens is 1. The lowest BCUT2D eigenvalue weighted by atomic mass is 9.84. The van der Waals surface area contributed by atoms with Crippen molar-refractivity contribution < 1.29 is 14.3 Å². The van der Waals surface area contributed by atoms with Gasteiger partial charge in [0.1, 0.15) is 9.88 Å². The van der Waals surface area contributed by atoms with E-state index in [0.717, 1.165) is 35.6 Å². The van der Waals surface area contributed by atoms with Crippen molar-refractivity contribution >= 4 is 29.7 Å². The second-order valence-corrected chi connectivity index (χ2v) is 7.49. The maximum absolute atomic E-state index is 12.6. The third-order valence-corrected chi connectivity index (χ3v) is 5.92. The molecule has 1 aromatic heterocycles. The van der Waals surface area contributed by atoms with E-state index in [1.807, 2.05) is 18.2 Å². The summed E-state index contributed by atoms with van der Waals surface area (Å²) in [5.41, 5.74) is 6.77. The Bertz CT molecular complexity index is 783.